The maximum Gasteiger partial charge on any atom is 0.307 e. The van der Waals surface area contributed by atoms with Crippen molar-refractivity contribution < 1.29 is 14.3 Å². The van der Waals surface area contributed by atoms with Crippen molar-refractivity contribution in [3.63, 3.8) is 0 Å². The van der Waals surface area contributed by atoms with Crippen LogP contribution < -0.4 is 0 Å². The van der Waals surface area contributed by atoms with Gasteiger partial charge in [0.1, 0.15) is 0 Å². The monoisotopic (exact) mass is 284 g/mol. The van der Waals surface area contributed by atoms with Gasteiger partial charge in [0, 0.05) is 38.8 Å². The van der Waals surface area contributed by atoms with Gasteiger partial charge in [0.25, 0.3) is 0 Å². The lowest BCUT2D eigenvalue weighted by Gasteiger charge is -2.42. The fraction of sp³-hybridized carbons (Fsp3) is 0.933. The molecule has 2 heterocycles. The predicted octanol–water partition coefficient (Wildman–Crippen LogP) is 0.982. The molecule has 0 aliphatic carbocycles. The van der Waals surface area contributed by atoms with Crippen LogP contribution in [0.5, 0.6) is 0 Å². The third-order valence-electron chi connectivity index (χ3n) is 4.43. The highest BCUT2D eigenvalue weighted by Gasteiger charge is 2.32. The molecule has 0 aromatic carbocycles. The highest BCUT2D eigenvalue weighted by atomic mass is 16.5. The van der Waals surface area contributed by atoms with Gasteiger partial charge in [-0.1, -0.05) is 0 Å². The van der Waals surface area contributed by atoms with E-state index in [0.717, 1.165) is 52.2 Å². The first-order chi connectivity index (χ1) is 9.70. The highest BCUT2D eigenvalue weighted by Crippen LogP contribution is 2.25. The van der Waals surface area contributed by atoms with Crippen LogP contribution in [0, 0.1) is 5.92 Å². The molecule has 5 nitrogen and oxygen atoms in total. The van der Waals surface area contributed by atoms with E-state index in [2.05, 4.69) is 16.8 Å². The van der Waals surface area contributed by atoms with Crippen LogP contribution in [0.1, 0.15) is 26.2 Å². The average molecular weight is 284 g/mol. The molecule has 0 amide bonds. The van der Waals surface area contributed by atoms with Crippen LogP contribution in [0.25, 0.3) is 0 Å². The molecule has 2 saturated heterocycles. The molecule has 2 fully saturated rings. The molecular weight excluding hydrogens is 256 g/mol. The quantitative estimate of drug-likeness (QED) is 0.704. The summed E-state index contributed by atoms with van der Waals surface area (Å²) < 4.78 is 10.8. The van der Waals surface area contributed by atoms with Crippen LogP contribution in [0.2, 0.25) is 0 Å². The second-order valence-electron chi connectivity index (χ2n) is 5.89. The molecule has 5 heteroatoms. The van der Waals surface area contributed by atoms with Gasteiger partial charge in [0.2, 0.25) is 0 Å². The number of carbonyl (C=O) groups excluding carboxylic acids is 1. The van der Waals surface area contributed by atoms with Gasteiger partial charge >= 0.3 is 5.97 Å². The van der Waals surface area contributed by atoms with Crippen molar-refractivity contribution in [1.29, 1.82) is 0 Å². The second kappa shape index (κ2) is 7.96. The van der Waals surface area contributed by atoms with Gasteiger partial charge in [-0.25, -0.2) is 0 Å². The van der Waals surface area contributed by atoms with E-state index in [-0.39, 0.29) is 12.0 Å². The van der Waals surface area contributed by atoms with Crippen molar-refractivity contribution in [2.24, 2.45) is 5.92 Å². The molecule has 0 N–H and O–H groups in total. The Kier molecular flexibility index (Phi) is 6.26. The zero-order valence-electron chi connectivity index (χ0n) is 12.8. The summed E-state index contributed by atoms with van der Waals surface area (Å²) in [5.74, 6) is 0.401. The molecule has 2 aliphatic heterocycles. The molecule has 0 bridgehead atoms. The van der Waals surface area contributed by atoms with Crippen molar-refractivity contribution in [2.75, 3.05) is 53.0 Å². The summed E-state index contributed by atoms with van der Waals surface area (Å²) in [6, 6.07) is 0.281. The summed E-state index contributed by atoms with van der Waals surface area (Å²) in [5, 5.41) is 0. The van der Waals surface area contributed by atoms with Crippen molar-refractivity contribution in [1.82, 2.24) is 9.80 Å². The van der Waals surface area contributed by atoms with E-state index in [0.29, 0.717) is 18.9 Å². The summed E-state index contributed by atoms with van der Waals surface area (Å²) in [6.07, 6.45) is 2.78. The van der Waals surface area contributed by atoms with E-state index >= 15 is 0 Å². The number of rotatable bonds is 5. The van der Waals surface area contributed by atoms with Crippen LogP contribution in [0.15, 0.2) is 0 Å². The van der Waals surface area contributed by atoms with Gasteiger partial charge in [-0.15, -0.1) is 0 Å². The summed E-state index contributed by atoms with van der Waals surface area (Å²) >= 11 is 0. The smallest absolute Gasteiger partial charge is 0.307 e. The Morgan fingerprint density at radius 1 is 1.35 bits per heavy atom. The highest BCUT2D eigenvalue weighted by molar-refractivity contribution is 5.70. The Labute approximate surface area is 122 Å². The number of hydrogen-bond acceptors (Lipinski definition) is 5. The minimum atomic E-state index is -0.0676. The van der Waals surface area contributed by atoms with Crippen LogP contribution in [0.4, 0.5) is 0 Å². The van der Waals surface area contributed by atoms with Gasteiger partial charge in [0.05, 0.1) is 19.6 Å². The summed E-state index contributed by atoms with van der Waals surface area (Å²) in [6.45, 7) is 8.22. The van der Waals surface area contributed by atoms with Crippen molar-refractivity contribution in [3.05, 3.63) is 0 Å². The molecule has 2 unspecified atom stereocenters. The number of piperazine rings is 1. The first-order valence-electron chi connectivity index (χ1n) is 7.86. The largest absolute Gasteiger partial charge is 0.466 e. The fourth-order valence-electron chi connectivity index (χ4n) is 3.21. The maximum absolute atomic E-state index is 11.9. The van der Waals surface area contributed by atoms with E-state index in [1.807, 2.05) is 6.92 Å². The second-order valence-corrected chi connectivity index (χ2v) is 5.89. The molecule has 20 heavy (non-hydrogen) atoms. The van der Waals surface area contributed by atoms with Crippen LogP contribution in [-0.4, -0.2) is 74.9 Å². The lowest BCUT2D eigenvalue weighted by molar-refractivity contribution is -0.146. The summed E-state index contributed by atoms with van der Waals surface area (Å²) in [7, 11) is 2.15. The molecule has 2 atom stereocenters. The number of esters is 1. The molecule has 0 aromatic heterocycles. The average Bonchev–Trinajstić information content (AvgIpc) is 2.47. The SMILES string of the molecule is CCOC(=O)CC(C1CCCOC1)N1CCN(C)CC1. The molecular formula is C15H28N2O3. The van der Waals surface area contributed by atoms with Crippen molar-refractivity contribution in [2.45, 2.75) is 32.2 Å². The van der Waals surface area contributed by atoms with Crippen LogP contribution in [0.3, 0.4) is 0 Å². The Bertz CT molecular complexity index is 297. The van der Waals surface area contributed by atoms with Crippen molar-refractivity contribution in [3.8, 4) is 0 Å². The van der Waals surface area contributed by atoms with Gasteiger partial charge in [-0.05, 0) is 32.7 Å². The fourth-order valence-corrected chi connectivity index (χ4v) is 3.21. The third-order valence-corrected chi connectivity index (χ3v) is 4.43. The third kappa shape index (κ3) is 4.43. The lowest BCUT2D eigenvalue weighted by atomic mass is 9.90. The molecule has 0 spiro atoms. The Balaban J connectivity index is 1.96. The van der Waals surface area contributed by atoms with Crippen molar-refractivity contribution >= 4 is 5.97 Å². The summed E-state index contributed by atoms with van der Waals surface area (Å²) in [5.41, 5.74) is 0. The van der Waals surface area contributed by atoms with E-state index in [9.17, 15) is 4.79 Å². The Morgan fingerprint density at radius 2 is 2.10 bits per heavy atom. The van der Waals surface area contributed by atoms with Gasteiger partial charge < -0.3 is 14.4 Å². The predicted molar refractivity (Wildman–Crippen MR) is 77.7 cm³/mol. The van der Waals surface area contributed by atoms with E-state index in [1.165, 1.54) is 0 Å². The molecule has 2 rings (SSSR count). The van der Waals surface area contributed by atoms with Crippen LogP contribution >= 0.6 is 0 Å². The van der Waals surface area contributed by atoms with Gasteiger partial charge in [0.15, 0.2) is 0 Å². The first kappa shape index (κ1) is 15.7. The lowest BCUT2D eigenvalue weighted by Crippen LogP contribution is -2.53. The molecule has 0 saturated carbocycles. The standard InChI is InChI=1S/C15H28N2O3/c1-3-20-15(18)11-14(13-5-4-10-19-12-13)17-8-6-16(2)7-9-17/h13-14H,3-12H2,1-2H3. The zero-order valence-corrected chi connectivity index (χ0v) is 12.8. The number of hydrogen-bond donors (Lipinski definition) is 0. The zero-order chi connectivity index (χ0) is 14.4. The minimum Gasteiger partial charge on any atom is -0.466 e. The molecule has 116 valence electrons. The first-order valence-corrected chi connectivity index (χ1v) is 7.86. The molecule has 2 aliphatic rings. The van der Waals surface area contributed by atoms with Gasteiger partial charge in [-0.2, -0.15) is 0 Å². The topological polar surface area (TPSA) is 42.0 Å². The van der Waals surface area contributed by atoms with Gasteiger partial charge in [-0.3, -0.25) is 9.69 Å². The number of likely N-dealkylation sites (N-methyl/N-ethyl adjacent to an activating group) is 1. The van der Waals surface area contributed by atoms with E-state index in [4.69, 9.17) is 9.47 Å². The Hall–Kier alpha value is -0.650. The van der Waals surface area contributed by atoms with E-state index < -0.39 is 0 Å². The van der Waals surface area contributed by atoms with E-state index in [1.54, 1.807) is 0 Å². The Morgan fingerprint density at radius 3 is 2.70 bits per heavy atom. The number of carbonyl (C=O) groups is 1. The maximum atomic E-state index is 11.9. The minimum absolute atomic E-state index is 0.0676. The number of nitrogens with zero attached hydrogens (tertiary/aromatic N) is 2. The number of ether oxygens (including phenoxy) is 2. The summed E-state index contributed by atoms with van der Waals surface area (Å²) in [4.78, 5) is 16.7. The normalized spacial score (nSPS) is 27.2. The molecule has 0 radical (unpaired) electrons. The van der Waals surface area contributed by atoms with Crippen LogP contribution in [-0.2, 0) is 14.3 Å². The molecule has 0 aromatic rings.